The smallest absolute Gasteiger partial charge is 0.143 e. The Bertz CT molecular complexity index is 3990. The van der Waals surface area contributed by atoms with Crippen molar-refractivity contribution >= 4 is 49.8 Å². The molecule has 0 spiro atoms. The Hall–Kier alpha value is -8.72. The molecule has 0 aliphatic heterocycles. The molecule has 1 aromatic heterocycles. The number of nitrogens with zero attached hydrogens (tertiary/aromatic N) is 1. The van der Waals surface area contributed by atoms with E-state index in [9.17, 15) is 0 Å². The summed E-state index contributed by atoms with van der Waals surface area (Å²) in [4.78, 5) is 2.49. The monoisotopic (exact) mass is 893 g/mol. The summed E-state index contributed by atoms with van der Waals surface area (Å²) in [7, 11) is 0. The quantitative estimate of drug-likeness (QED) is 0.158. The van der Waals surface area contributed by atoms with Gasteiger partial charge in [0.1, 0.15) is 11.2 Å². The Morgan fingerprint density at radius 2 is 0.929 bits per heavy atom. The van der Waals surface area contributed by atoms with E-state index in [1.807, 2.05) is 0 Å². The van der Waals surface area contributed by atoms with E-state index in [1.54, 1.807) is 0 Å². The molecule has 0 fully saturated rings. The highest BCUT2D eigenvalue weighted by Crippen LogP contribution is 2.58. The molecule has 11 aromatic carbocycles. The zero-order chi connectivity index (χ0) is 46.6. The molecule has 12 aromatic rings. The van der Waals surface area contributed by atoms with Crippen molar-refractivity contribution in [1.82, 2.24) is 0 Å². The van der Waals surface area contributed by atoms with Gasteiger partial charge in [-0.15, -0.1) is 0 Å². The SMILES string of the molecule is CC1(C)c2cc(N(c3cccc(-c4cccc5oc6c7ccccc7ccc6c45)c3)c3ccc4c(c3)C(c3ccccc3)(c3ccccc3)c3ccccc3-4)ccc2-c2c(-c3ccccc3)cccc21. The van der Waals surface area contributed by atoms with E-state index in [-0.39, 0.29) is 5.41 Å². The summed E-state index contributed by atoms with van der Waals surface area (Å²) < 4.78 is 6.72. The summed E-state index contributed by atoms with van der Waals surface area (Å²) >= 11 is 0. The highest BCUT2D eigenvalue weighted by atomic mass is 16.3. The van der Waals surface area contributed by atoms with Crippen LogP contribution >= 0.6 is 0 Å². The first kappa shape index (κ1) is 40.4. The lowest BCUT2D eigenvalue weighted by molar-refractivity contribution is 0.660. The van der Waals surface area contributed by atoms with Gasteiger partial charge in [0.05, 0.1) is 5.41 Å². The first-order valence-electron chi connectivity index (χ1n) is 24.4. The zero-order valence-corrected chi connectivity index (χ0v) is 39.0. The van der Waals surface area contributed by atoms with E-state index >= 15 is 0 Å². The van der Waals surface area contributed by atoms with Crippen molar-refractivity contribution in [2.24, 2.45) is 0 Å². The number of furan rings is 1. The van der Waals surface area contributed by atoms with Crippen LogP contribution in [-0.2, 0) is 10.8 Å². The van der Waals surface area contributed by atoms with Gasteiger partial charge >= 0.3 is 0 Å². The third-order valence-electron chi connectivity index (χ3n) is 15.5. The van der Waals surface area contributed by atoms with Crippen LogP contribution < -0.4 is 4.90 Å². The van der Waals surface area contributed by atoms with E-state index in [4.69, 9.17) is 4.42 Å². The minimum Gasteiger partial charge on any atom is -0.455 e. The molecule has 0 saturated carbocycles. The predicted molar refractivity (Wildman–Crippen MR) is 292 cm³/mol. The van der Waals surface area contributed by atoms with Crippen LogP contribution in [0.4, 0.5) is 17.1 Å². The largest absolute Gasteiger partial charge is 0.455 e. The molecule has 1 heterocycles. The highest BCUT2D eigenvalue weighted by Gasteiger charge is 2.46. The van der Waals surface area contributed by atoms with E-state index in [2.05, 4.69) is 267 Å². The maximum absolute atomic E-state index is 6.72. The number of rotatable bonds is 7. The summed E-state index contributed by atoms with van der Waals surface area (Å²) in [5, 5.41) is 4.55. The van der Waals surface area contributed by atoms with Crippen molar-refractivity contribution in [3.05, 3.63) is 282 Å². The molecule has 2 nitrogen and oxygen atoms in total. The van der Waals surface area contributed by atoms with Crippen LogP contribution in [-0.4, -0.2) is 0 Å². The zero-order valence-electron chi connectivity index (χ0n) is 39.0. The maximum atomic E-state index is 6.72. The number of fused-ring (bicyclic) bond motifs is 11. The summed E-state index contributed by atoms with van der Waals surface area (Å²) in [5.41, 5.74) is 22.0. The normalized spacial score (nSPS) is 13.8. The van der Waals surface area contributed by atoms with Gasteiger partial charge in [0.15, 0.2) is 0 Å². The van der Waals surface area contributed by atoms with Crippen LogP contribution in [0, 0.1) is 0 Å². The van der Waals surface area contributed by atoms with Gasteiger partial charge in [-0.05, 0) is 132 Å². The first-order valence-corrected chi connectivity index (χ1v) is 24.4. The number of benzene rings is 11. The average molecular weight is 894 g/mol. The van der Waals surface area contributed by atoms with Gasteiger partial charge in [-0.1, -0.05) is 214 Å². The van der Waals surface area contributed by atoms with Crippen LogP contribution in [0.25, 0.3) is 77.2 Å². The van der Waals surface area contributed by atoms with Crippen LogP contribution in [0.3, 0.4) is 0 Å². The van der Waals surface area contributed by atoms with Crippen molar-refractivity contribution < 1.29 is 4.42 Å². The lowest BCUT2D eigenvalue weighted by atomic mass is 9.67. The number of hydrogen-bond donors (Lipinski definition) is 0. The Morgan fingerprint density at radius 1 is 0.357 bits per heavy atom. The molecule has 70 heavy (non-hydrogen) atoms. The van der Waals surface area contributed by atoms with Crippen LogP contribution in [0.15, 0.2) is 253 Å². The third-order valence-corrected chi connectivity index (χ3v) is 15.5. The fourth-order valence-electron chi connectivity index (χ4n) is 12.4. The Morgan fingerprint density at radius 3 is 1.71 bits per heavy atom. The van der Waals surface area contributed by atoms with Gasteiger partial charge in [-0.25, -0.2) is 0 Å². The van der Waals surface area contributed by atoms with Gasteiger partial charge < -0.3 is 9.32 Å². The lowest BCUT2D eigenvalue weighted by Crippen LogP contribution is -2.28. The summed E-state index contributed by atoms with van der Waals surface area (Å²) in [5.74, 6) is 0. The van der Waals surface area contributed by atoms with E-state index in [0.717, 1.165) is 55.5 Å². The molecular formula is C68H47NO. The van der Waals surface area contributed by atoms with Gasteiger partial charge in [-0.3, -0.25) is 0 Å². The van der Waals surface area contributed by atoms with Crippen LogP contribution in [0.2, 0.25) is 0 Å². The first-order chi connectivity index (χ1) is 34.5. The number of hydrogen-bond acceptors (Lipinski definition) is 2. The van der Waals surface area contributed by atoms with Gasteiger partial charge in [0.25, 0.3) is 0 Å². The molecule has 2 aliphatic carbocycles. The Balaban J connectivity index is 1.01. The third kappa shape index (κ3) is 5.80. The molecule has 14 rings (SSSR count). The molecule has 0 bridgehead atoms. The second-order valence-electron chi connectivity index (χ2n) is 19.5. The lowest BCUT2D eigenvalue weighted by Gasteiger charge is -2.35. The summed E-state index contributed by atoms with van der Waals surface area (Å²) in [6, 6.07) is 91.8. The van der Waals surface area contributed by atoms with Crippen molar-refractivity contribution in [1.29, 1.82) is 0 Å². The minimum absolute atomic E-state index is 0.240. The van der Waals surface area contributed by atoms with Crippen molar-refractivity contribution in [2.45, 2.75) is 24.7 Å². The average Bonchev–Trinajstić information content (AvgIpc) is 4.03. The van der Waals surface area contributed by atoms with Gasteiger partial charge in [0, 0.05) is 38.6 Å². The maximum Gasteiger partial charge on any atom is 0.143 e. The van der Waals surface area contributed by atoms with Gasteiger partial charge in [0.2, 0.25) is 0 Å². The van der Waals surface area contributed by atoms with Gasteiger partial charge in [-0.2, -0.15) is 0 Å². The van der Waals surface area contributed by atoms with Crippen molar-refractivity contribution in [3.8, 4) is 44.5 Å². The number of anilines is 3. The highest BCUT2D eigenvalue weighted by molar-refractivity contribution is 6.19. The predicted octanol–water partition coefficient (Wildman–Crippen LogP) is 18.2. The minimum atomic E-state index is -0.546. The second kappa shape index (κ2) is 15.4. The van der Waals surface area contributed by atoms with E-state index < -0.39 is 5.41 Å². The van der Waals surface area contributed by atoms with Crippen LogP contribution in [0.1, 0.15) is 47.2 Å². The topological polar surface area (TPSA) is 16.4 Å². The van der Waals surface area contributed by atoms with E-state index in [1.165, 1.54) is 72.1 Å². The Labute approximate surface area is 408 Å². The molecule has 0 saturated heterocycles. The summed E-state index contributed by atoms with van der Waals surface area (Å²) in [6.07, 6.45) is 0. The second-order valence-corrected chi connectivity index (χ2v) is 19.5. The fourth-order valence-corrected chi connectivity index (χ4v) is 12.4. The van der Waals surface area contributed by atoms with E-state index in [0.29, 0.717) is 0 Å². The molecule has 330 valence electrons. The van der Waals surface area contributed by atoms with Crippen molar-refractivity contribution in [2.75, 3.05) is 4.90 Å². The molecule has 0 amide bonds. The fraction of sp³-hybridized carbons (Fsp3) is 0.0588. The molecular weight excluding hydrogens is 847 g/mol. The molecule has 2 heteroatoms. The molecule has 0 unspecified atom stereocenters. The summed E-state index contributed by atoms with van der Waals surface area (Å²) in [6.45, 7) is 4.78. The van der Waals surface area contributed by atoms with Crippen LogP contribution in [0.5, 0.6) is 0 Å². The van der Waals surface area contributed by atoms with Crippen molar-refractivity contribution in [3.63, 3.8) is 0 Å². The molecule has 0 atom stereocenters. The molecule has 0 N–H and O–H groups in total. The molecule has 2 aliphatic rings. The molecule has 0 radical (unpaired) electrons. The Kier molecular flexibility index (Phi) is 8.88. The standard InChI is InChI=1S/C68H47NO/c1-67(2)60-33-17-30-52(44-19-6-3-7-20-44)64(60)57-40-37-50(42-61(57)67)69(49-27-16-22-46(41-49)53-31-18-34-63-65(53)58-38-35-45-21-12-13-28-54(45)66(58)70-63)51-36-39-56-55-29-14-15-32-59(55)68(62(56)43-51,47-23-8-4-9-24-47)48-25-10-5-11-26-48/h3-43H,1-2H3.